The van der Waals surface area contributed by atoms with Crippen LogP contribution >= 0.6 is 23.2 Å². The van der Waals surface area contributed by atoms with Gasteiger partial charge in [-0.1, -0.05) is 86.4 Å². The Balaban J connectivity index is 1.80. The summed E-state index contributed by atoms with van der Waals surface area (Å²) in [5.41, 5.74) is 4.02. The summed E-state index contributed by atoms with van der Waals surface area (Å²) in [6.07, 6.45) is 2.93. The van der Waals surface area contributed by atoms with Crippen LogP contribution in [-0.2, 0) is 28.1 Å². The van der Waals surface area contributed by atoms with Crippen molar-refractivity contribution in [1.82, 2.24) is 10.2 Å². The van der Waals surface area contributed by atoms with Gasteiger partial charge in [-0.15, -0.1) is 0 Å². The van der Waals surface area contributed by atoms with Crippen molar-refractivity contribution in [1.29, 1.82) is 0 Å². The molecule has 0 spiro atoms. The lowest BCUT2D eigenvalue weighted by atomic mass is 9.87. The molecular formula is C31H32Cl2N2O4. The van der Waals surface area contributed by atoms with Crippen molar-refractivity contribution in [3.8, 4) is 0 Å². The van der Waals surface area contributed by atoms with Crippen molar-refractivity contribution < 1.29 is 19.5 Å². The van der Waals surface area contributed by atoms with Crippen LogP contribution in [0.1, 0.15) is 59.8 Å². The zero-order chi connectivity index (χ0) is 28.6. The lowest BCUT2D eigenvalue weighted by Gasteiger charge is -2.23. The van der Waals surface area contributed by atoms with Crippen molar-refractivity contribution in [2.24, 2.45) is 0 Å². The number of carboxylic acids is 1. The Morgan fingerprint density at radius 2 is 1.41 bits per heavy atom. The Hall–Kier alpha value is -3.61. The molecule has 3 rings (SSSR count). The van der Waals surface area contributed by atoms with E-state index in [9.17, 15) is 14.4 Å². The van der Waals surface area contributed by atoms with E-state index in [1.54, 1.807) is 53.4 Å². The van der Waals surface area contributed by atoms with Gasteiger partial charge >= 0.3 is 5.97 Å². The van der Waals surface area contributed by atoms with Crippen molar-refractivity contribution >= 4 is 47.1 Å². The van der Waals surface area contributed by atoms with Gasteiger partial charge in [-0.05, 0) is 52.4 Å². The van der Waals surface area contributed by atoms with Crippen LogP contribution in [0, 0.1) is 0 Å². The minimum absolute atomic E-state index is 0.0205. The number of nitrogens with zero attached hydrogens (tertiary/aromatic N) is 1. The Morgan fingerprint density at radius 1 is 0.872 bits per heavy atom. The van der Waals surface area contributed by atoms with Crippen molar-refractivity contribution in [2.45, 2.75) is 45.7 Å². The highest BCUT2D eigenvalue weighted by molar-refractivity contribution is 6.37. The lowest BCUT2D eigenvalue weighted by molar-refractivity contribution is -0.136. The van der Waals surface area contributed by atoms with Crippen LogP contribution in [0.3, 0.4) is 0 Å². The third-order valence-electron chi connectivity index (χ3n) is 6.11. The molecule has 0 radical (unpaired) electrons. The van der Waals surface area contributed by atoms with Crippen molar-refractivity contribution in [3.63, 3.8) is 0 Å². The molecule has 2 N–H and O–H groups in total. The molecule has 0 aliphatic rings. The fraction of sp³-hybridized carbons (Fsp3) is 0.258. The SMILES string of the molecule is CC(C)(C)c1ccc(CN(Cc2ccc(C(=O)NCCC(=O)O)cc2)C(=O)C=Cc2c(Cl)cccc2Cl)cc1. The summed E-state index contributed by atoms with van der Waals surface area (Å²) in [7, 11) is 0. The average molecular weight is 568 g/mol. The van der Waals surface area contributed by atoms with E-state index in [2.05, 4.69) is 38.2 Å². The van der Waals surface area contributed by atoms with Gasteiger partial charge in [0.25, 0.3) is 5.91 Å². The van der Waals surface area contributed by atoms with Gasteiger partial charge in [-0.25, -0.2) is 0 Å². The van der Waals surface area contributed by atoms with Crippen LogP contribution in [0.25, 0.3) is 6.08 Å². The van der Waals surface area contributed by atoms with Gasteiger partial charge in [0.15, 0.2) is 0 Å². The summed E-state index contributed by atoms with van der Waals surface area (Å²) in [5.74, 6) is -1.55. The lowest BCUT2D eigenvalue weighted by Crippen LogP contribution is -2.29. The maximum Gasteiger partial charge on any atom is 0.305 e. The normalized spacial score (nSPS) is 11.4. The van der Waals surface area contributed by atoms with Crippen LogP contribution in [0.5, 0.6) is 0 Å². The molecule has 3 aromatic carbocycles. The van der Waals surface area contributed by atoms with E-state index in [4.69, 9.17) is 28.3 Å². The van der Waals surface area contributed by atoms with Gasteiger partial charge in [0, 0.05) is 46.9 Å². The Kier molecular flexibility index (Phi) is 10.3. The molecule has 0 aliphatic heterocycles. The highest BCUT2D eigenvalue weighted by atomic mass is 35.5. The Bertz CT molecular complexity index is 1320. The van der Waals surface area contributed by atoms with Crippen LogP contribution < -0.4 is 5.32 Å². The smallest absolute Gasteiger partial charge is 0.305 e. The number of amides is 2. The molecule has 0 fully saturated rings. The van der Waals surface area contributed by atoms with E-state index >= 15 is 0 Å². The number of rotatable bonds is 10. The van der Waals surface area contributed by atoms with Crippen molar-refractivity contribution in [3.05, 3.63) is 111 Å². The second-order valence-electron chi connectivity index (χ2n) is 10.2. The van der Waals surface area contributed by atoms with Gasteiger partial charge in [0.1, 0.15) is 0 Å². The van der Waals surface area contributed by atoms with Gasteiger partial charge in [-0.2, -0.15) is 0 Å². The molecule has 0 aromatic heterocycles. The van der Waals surface area contributed by atoms with Crippen molar-refractivity contribution in [2.75, 3.05) is 6.54 Å². The minimum atomic E-state index is -0.977. The topological polar surface area (TPSA) is 86.7 Å². The minimum Gasteiger partial charge on any atom is -0.481 e. The van der Waals surface area contributed by atoms with E-state index in [0.29, 0.717) is 34.3 Å². The number of benzene rings is 3. The molecule has 0 saturated carbocycles. The summed E-state index contributed by atoms with van der Waals surface area (Å²) in [6.45, 7) is 7.19. The third-order valence-corrected chi connectivity index (χ3v) is 6.77. The Morgan fingerprint density at radius 3 is 1.92 bits per heavy atom. The monoisotopic (exact) mass is 566 g/mol. The number of aliphatic carboxylic acids is 1. The molecule has 8 heteroatoms. The first kappa shape index (κ1) is 29.9. The van der Waals surface area contributed by atoms with E-state index in [1.807, 2.05) is 12.1 Å². The van der Waals surface area contributed by atoms with Gasteiger partial charge in [0.2, 0.25) is 5.91 Å². The van der Waals surface area contributed by atoms with Gasteiger partial charge in [-0.3, -0.25) is 14.4 Å². The molecule has 0 saturated heterocycles. The number of nitrogens with one attached hydrogen (secondary N) is 1. The fourth-order valence-corrected chi connectivity index (χ4v) is 4.36. The second kappa shape index (κ2) is 13.5. The number of hydrogen-bond donors (Lipinski definition) is 2. The summed E-state index contributed by atoms with van der Waals surface area (Å²) < 4.78 is 0. The highest BCUT2D eigenvalue weighted by Gasteiger charge is 2.16. The fourth-order valence-electron chi connectivity index (χ4n) is 3.84. The summed E-state index contributed by atoms with van der Waals surface area (Å²) in [6, 6.07) is 20.3. The van der Waals surface area contributed by atoms with E-state index < -0.39 is 5.97 Å². The molecule has 0 aliphatic carbocycles. The van der Waals surface area contributed by atoms with Gasteiger partial charge < -0.3 is 15.3 Å². The maximum absolute atomic E-state index is 13.4. The highest BCUT2D eigenvalue weighted by Crippen LogP contribution is 2.26. The van der Waals surface area contributed by atoms with Gasteiger partial charge in [0.05, 0.1) is 6.42 Å². The number of carboxylic acid groups (broad SMARTS) is 1. The summed E-state index contributed by atoms with van der Waals surface area (Å²) in [5, 5.41) is 12.2. The molecule has 3 aromatic rings. The van der Waals surface area contributed by atoms with E-state index in [0.717, 1.165) is 11.1 Å². The Labute approximate surface area is 239 Å². The number of carbonyl (C=O) groups excluding carboxylic acids is 2. The molecular weight excluding hydrogens is 535 g/mol. The maximum atomic E-state index is 13.4. The summed E-state index contributed by atoms with van der Waals surface area (Å²) in [4.78, 5) is 38.0. The zero-order valence-corrected chi connectivity index (χ0v) is 23.7. The first-order valence-electron chi connectivity index (χ1n) is 12.5. The molecule has 39 heavy (non-hydrogen) atoms. The second-order valence-corrected chi connectivity index (χ2v) is 11.0. The predicted molar refractivity (Wildman–Crippen MR) is 156 cm³/mol. The number of halogens is 2. The first-order valence-corrected chi connectivity index (χ1v) is 13.3. The van der Waals surface area contributed by atoms with Crippen LogP contribution in [0.2, 0.25) is 10.0 Å². The predicted octanol–water partition coefficient (Wildman–Crippen LogP) is 6.74. The molecule has 0 bridgehead atoms. The van der Waals surface area contributed by atoms with E-state index in [1.165, 1.54) is 11.6 Å². The molecule has 0 heterocycles. The first-order chi connectivity index (χ1) is 18.4. The third kappa shape index (κ3) is 8.98. The largest absolute Gasteiger partial charge is 0.481 e. The molecule has 6 nitrogen and oxygen atoms in total. The number of carbonyl (C=O) groups is 3. The molecule has 0 atom stereocenters. The zero-order valence-electron chi connectivity index (χ0n) is 22.2. The standard InChI is InChI=1S/C31H32Cl2N2O4/c1-31(2,3)24-13-9-22(10-14-24)20-35(28(36)16-15-25-26(32)5-4-6-27(25)33)19-21-7-11-23(12-8-21)30(39)34-18-17-29(37)38/h4-16H,17-20H2,1-3H3,(H,34,39)(H,37,38). The van der Waals surface area contributed by atoms with Crippen LogP contribution in [0.4, 0.5) is 0 Å². The molecule has 204 valence electrons. The quantitative estimate of drug-likeness (QED) is 0.266. The molecule has 2 amide bonds. The van der Waals surface area contributed by atoms with Crippen LogP contribution in [-0.4, -0.2) is 34.3 Å². The molecule has 0 unspecified atom stereocenters. The average Bonchev–Trinajstić information content (AvgIpc) is 2.88. The van der Waals surface area contributed by atoms with Crippen LogP contribution in [0.15, 0.2) is 72.8 Å². The number of hydrogen-bond acceptors (Lipinski definition) is 3. The summed E-state index contributed by atoms with van der Waals surface area (Å²) >= 11 is 12.5. The van der Waals surface area contributed by atoms with E-state index in [-0.39, 0.29) is 30.2 Å².